The van der Waals surface area contributed by atoms with Crippen LogP contribution in [-0.4, -0.2) is 0 Å². The molecule has 1 heteroatoms. The maximum Gasteiger partial charge on any atom is 0.216 e. The number of rotatable bonds is 0. The molecule has 0 saturated heterocycles. The zero-order valence-electron chi connectivity index (χ0n) is 9.12. The third-order valence-corrected chi connectivity index (χ3v) is 3.08. The maximum atomic E-state index is 2.36. The average Bonchev–Trinajstić information content (AvgIpc) is 2.54. The fraction of sp³-hybridized carbons (Fsp3) is 0.214. The molecule has 0 atom stereocenters. The van der Waals surface area contributed by atoms with Crippen molar-refractivity contribution >= 4 is 0 Å². The Bertz CT molecular complexity index is 541. The van der Waals surface area contributed by atoms with Gasteiger partial charge in [-0.1, -0.05) is 18.2 Å². The van der Waals surface area contributed by atoms with Crippen LogP contribution in [-0.2, 0) is 6.54 Å². The molecule has 1 aromatic heterocycles. The SMILES string of the molecule is Cc1cc(C)c2[n+](c1)Cc1ccccc1-2. The summed E-state index contributed by atoms with van der Waals surface area (Å²) in [5, 5.41) is 0. The van der Waals surface area contributed by atoms with Gasteiger partial charge in [-0.05, 0) is 26.0 Å². The lowest BCUT2D eigenvalue weighted by Crippen LogP contribution is -2.33. The van der Waals surface area contributed by atoms with Crippen LogP contribution in [0.5, 0.6) is 0 Å². The van der Waals surface area contributed by atoms with Crippen LogP contribution in [0.3, 0.4) is 0 Å². The Labute approximate surface area is 90.0 Å². The second kappa shape index (κ2) is 2.93. The minimum atomic E-state index is 1.02. The predicted molar refractivity (Wildman–Crippen MR) is 60.6 cm³/mol. The molecule has 0 amide bonds. The van der Waals surface area contributed by atoms with Crippen molar-refractivity contribution in [3.05, 3.63) is 53.2 Å². The molecule has 0 N–H and O–H groups in total. The van der Waals surface area contributed by atoms with E-state index in [4.69, 9.17) is 0 Å². The van der Waals surface area contributed by atoms with Crippen molar-refractivity contribution in [2.24, 2.45) is 0 Å². The Balaban J connectivity index is 2.33. The molecule has 3 rings (SSSR count). The minimum Gasteiger partial charge on any atom is -0.193 e. The summed E-state index contributed by atoms with van der Waals surface area (Å²) >= 11 is 0. The van der Waals surface area contributed by atoms with E-state index in [9.17, 15) is 0 Å². The summed E-state index contributed by atoms with van der Waals surface area (Å²) in [6.07, 6.45) is 2.24. The maximum absolute atomic E-state index is 2.36. The molecule has 0 fully saturated rings. The number of hydrogen-bond donors (Lipinski definition) is 0. The van der Waals surface area contributed by atoms with Crippen LogP contribution < -0.4 is 4.57 Å². The number of nitrogens with zero attached hydrogens (tertiary/aromatic N) is 1. The molecular formula is C14H14N+. The van der Waals surface area contributed by atoms with Gasteiger partial charge in [-0.15, -0.1) is 0 Å². The van der Waals surface area contributed by atoms with Gasteiger partial charge in [0.15, 0.2) is 12.7 Å². The second-order valence-electron chi connectivity index (χ2n) is 4.33. The van der Waals surface area contributed by atoms with Gasteiger partial charge in [-0.3, -0.25) is 0 Å². The van der Waals surface area contributed by atoms with Crippen molar-refractivity contribution in [1.29, 1.82) is 0 Å². The zero-order valence-corrected chi connectivity index (χ0v) is 9.12. The van der Waals surface area contributed by atoms with E-state index in [-0.39, 0.29) is 0 Å². The normalized spacial score (nSPS) is 12.4. The Morgan fingerprint density at radius 2 is 1.93 bits per heavy atom. The van der Waals surface area contributed by atoms with Gasteiger partial charge >= 0.3 is 0 Å². The smallest absolute Gasteiger partial charge is 0.193 e. The Morgan fingerprint density at radius 1 is 1.13 bits per heavy atom. The third-order valence-electron chi connectivity index (χ3n) is 3.08. The minimum absolute atomic E-state index is 1.02. The van der Waals surface area contributed by atoms with Gasteiger partial charge in [0.2, 0.25) is 5.69 Å². The number of aryl methyl sites for hydroxylation is 2. The van der Waals surface area contributed by atoms with E-state index in [1.807, 2.05) is 0 Å². The lowest BCUT2D eigenvalue weighted by atomic mass is 10.0. The molecule has 0 saturated carbocycles. The van der Waals surface area contributed by atoms with Gasteiger partial charge in [0.1, 0.15) is 0 Å². The van der Waals surface area contributed by atoms with E-state index in [1.165, 1.54) is 27.9 Å². The van der Waals surface area contributed by atoms with Crippen LogP contribution in [0.4, 0.5) is 0 Å². The van der Waals surface area contributed by atoms with Crippen molar-refractivity contribution in [1.82, 2.24) is 0 Å². The fourth-order valence-electron chi connectivity index (χ4n) is 2.55. The molecule has 2 heterocycles. The van der Waals surface area contributed by atoms with Crippen LogP contribution in [0.15, 0.2) is 36.5 Å². The summed E-state index contributed by atoms with van der Waals surface area (Å²) in [6, 6.07) is 10.9. The van der Waals surface area contributed by atoms with Crippen LogP contribution in [0.2, 0.25) is 0 Å². The van der Waals surface area contributed by atoms with Crippen LogP contribution in [0.1, 0.15) is 16.7 Å². The van der Waals surface area contributed by atoms with E-state index in [0.29, 0.717) is 0 Å². The third kappa shape index (κ3) is 1.19. The standard InChI is InChI=1S/C14H14N/c1-10-7-11(2)14-13-6-4-3-5-12(13)9-15(14)8-10/h3-8H,9H2,1-2H3/q+1. The second-order valence-corrected chi connectivity index (χ2v) is 4.33. The van der Waals surface area contributed by atoms with Gasteiger partial charge < -0.3 is 0 Å². The number of fused-ring (bicyclic) bond motifs is 3. The highest BCUT2D eigenvalue weighted by molar-refractivity contribution is 5.66. The van der Waals surface area contributed by atoms with Gasteiger partial charge in [0.05, 0.1) is 5.56 Å². The molecule has 2 aromatic rings. The van der Waals surface area contributed by atoms with Crippen LogP contribution >= 0.6 is 0 Å². The first kappa shape index (κ1) is 8.66. The van der Waals surface area contributed by atoms with E-state index < -0.39 is 0 Å². The summed E-state index contributed by atoms with van der Waals surface area (Å²) in [5.74, 6) is 0. The first-order valence-electron chi connectivity index (χ1n) is 5.34. The molecule has 15 heavy (non-hydrogen) atoms. The van der Waals surface area contributed by atoms with Crippen molar-refractivity contribution in [2.45, 2.75) is 20.4 Å². The summed E-state index contributed by atoms with van der Waals surface area (Å²) in [6.45, 7) is 5.37. The average molecular weight is 196 g/mol. The first-order chi connectivity index (χ1) is 7.25. The zero-order chi connectivity index (χ0) is 10.4. The molecule has 1 aliphatic rings. The van der Waals surface area contributed by atoms with Gasteiger partial charge in [-0.25, -0.2) is 0 Å². The Kier molecular flexibility index (Phi) is 1.69. The monoisotopic (exact) mass is 196 g/mol. The summed E-state index contributed by atoms with van der Waals surface area (Å²) in [7, 11) is 0. The summed E-state index contributed by atoms with van der Waals surface area (Å²) < 4.78 is 2.36. The Hall–Kier alpha value is -1.63. The molecule has 1 aromatic carbocycles. The number of hydrogen-bond acceptors (Lipinski definition) is 0. The molecule has 0 aliphatic carbocycles. The van der Waals surface area contributed by atoms with E-state index in [2.05, 4.69) is 54.9 Å². The topological polar surface area (TPSA) is 3.88 Å². The van der Waals surface area contributed by atoms with E-state index >= 15 is 0 Å². The van der Waals surface area contributed by atoms with E-state index in [1.54, 1.807) is 0 Å². The predicted octanol–water partition coefficient (Wildman–Crippen LogP) is 2.62. The molecule has 1 aliphatic heterocycles. The van der Waals surface area contributed by atoms with Crippen molar-refractivity contribution in [3.8, 4) is 11.3 Å². The molecule has 74 valence electrons. The quantitative estimate of drug-likeness (QED) is 0.487. The lowest BCUT2D eigenvalue weighted by Gasteiger charge is -1.99. The van der Waals surface area contributed by atoms with Crippen molar-refractivity contribution in [3.63, 3.8) is 0 Å². The van der Waals surface area contributed by atoms with Crippen molar-refractivity contribution < 1.29 is 4.57 Å². The van der Waals surface area contributed by atoms with Crippen molar-refractivity contribution in [2.75, 3.05) is 0 Å². The largest absolute Gasteiger partial charge is 0.216 e. The number of benzene rings is 1. The van der Waals surface area contributed by atoms with Gasteiger partial charge in [-0.2, -0.15) is 4.57 Å². The number of aromatic nitrogens is 1. The molecule has 0 bridgehead atoms. The fourth-order valence-corrected chi connectivity index (χ4v) is 2.55. The molecule has 1 nitrogen and oxygen atoms in total. The number of pyridine rings is 1. The highest BCUT2D eigenvalue weighted by Crippen LogP contribution is 2.28. The highest BCUT2D eigenvalue weighted by atomic mass is 15.0. The van der Waals surface area contributed by atoms with Crippen LogP contribution in [0.25, 0.3) is 11.3 Å². The molecule has 0 spiro atoms. The highest BCUT2D eigenvalue weighted by Gasteiger charge is 2.27. The van der Waals surface area contributed by atoms with Gasteiger partial charge in [0, 0.05) is 16.7 Å². The molecule has 0 unspecified atom stereocenters. The summed E-state index contributed by atoms with van der Waals surface area (Å²) in [5.41, 5.74) is 6.93. The Morgan fingerprint density at radius 3 is 2.80 bits per heavy atom. The lowest BCUT2D eigenvalue weighted by molar-refractivity contribution is -0.672. The molecular weight excluding hydrogens is 182 g/mol. The van der Waals surface area contributed by atoms with E-state index in [0.717, 1.165) is 6.54 Å². The molecule has 0 radical (unpaired) electrons. The summed E-state index contributed by atoms with van der Waals surface area (Å²) in [4.78, 5) is 0. The van der Waals surface area contributed by atoms with Gasteiger partial charge in [0.25, 0.3) is 0 Å². The first-order valence-corrected chi connectivity index (χ1v) is 5.34. The van der Waals surface area contributed by atoms with Crippen LogP contribution in [0, 0.1) is 13.8 Å².